The van der Waals surface area contributed by atoms with Gasteiger partial charge < -0.3 is 24.7 Å². The number of carbonyl (C=O) groups excluding carboxylic acids is 1. The molecule has 4 atom stereocenters. The number of hydrogen-bond acceptors (Lipinski definition) is 11. The average molecular weight is 913 g/mol. The Balaban J connectivity index is 0.841. The van der Waals surface area contributed by atoms with Crippen LogP contribution in [-0.2, 0) is 14.8 Å². The SMILES string of the molecule is CC1(C)CCC(CN2CCN(c3ccc(C(=O)NS(=O)(=O)c4ccc(NCC5CC6(CCOCC6)C5)c([N+](=O)[O-])c4)c(Oc4cnc5[nH]ccc5c4)c3)CC2)=C([C@H]2CC(Cl)C3CC32)C1. The summed E-state index contributed by atoms with van der Waals surface area (Å²) in [5, 5.41) is 16.5. The van der Waals surface area contributed by atoms with E-state index in [0.717, 1.165) is 114 Å². The number of fused-ring (bicyclic) bond motifs is 2. The number of allylic oxidation sites excluding steroid dienone is 1. The zero-order chi connectivity index (χ0) is 44.4. The summed E-state index contributed by atoms with van der Waals surface area (Å²) < 4.78 is 41.6. The third kappa shape index (κ3) is 8.84. The minimum absolute atomic E-state index is 0.0144. The molecule has 0 radical (unpaired) electrons. The van der Waals surface area contributed by atoms with Crippen molar-refractivity contribution in [3.63, 3.8) is 0 Å². The number of nitro groups is 1. The molecule has 2 aliphatic heterocycles. The monoisotopic (exact) mass is 911 g/mol. The summed E-state index contributed by atoms with van der Waals surface area (Å²) in [5.74, 6) is 2.06. The summed E-state index contributed by atoms with van der Waals surface area (Å²) >= 11 is 6.79. The first-order valence-corrected chi connectivity index (χ1v) is 24.9. The van der Waals surface area contributed by atoms with E-state index < -0.39 is 25.7 Å². The Morgan fingerprint density at radius 1 is 1.03 bits per heavy atom. The molecule has 5 fully saturated rings. The number of nitro benzene ring substituents is 1. The van der Waals surface area contributed by atoms with Gasteiger partial charge in [-0.05, 0) is 129 Å². The molecular weight excluding hydrogens is 854 g/mol. The number of aromatic nitrogens is 2. The first kappa shape index (κ1) is 43.2. The minimum atomic E-state index is -4.55. The second-order valence-electron chi connectivity index (χ2n) is 20.2. The smallest absolute Gasteiger partial charge is 0.293 e. The number of piperazine rings is 1. The Hall–Kier alpha value is -4.70. The predicted octanol–water partition coefficient (Wildman–Crippen LogP) is 8.89. The molecule has 10 rings (SSSR count). The van der Waals surface area contributed by atoms with Crippen molar-refractivity contribution in [3.05, 3.63) is 87.7 Å². The molecule has 2 saturated heterocycles. The van der Waals surface area contributed by atoms with Gasteiger partial charge in [0.2, 0.25) is 0 Å². The van der Waals surface area contributed by atoms with Crippen molar-refractivity contribution in [2.45, 2.75) is 81.9 Å². The number of H-pyrrole nitrogens is 1. The highest BCUT2D eigenvalue weighted by atomic mass is 35.5. The number of nitrogens with one attached hydrogen (secondary N) is 3. The first-order chi connectivity index (χ1) is 30.7. The maximum absolute atomic E-state index is 14.0. The Morgan fingerprint density at radius 2 is 1.83 bits per heavy atom. The molecule has 4 aromatic rings. The van der Waals surface area contributed by atoms with Crippen molar-refractivity contribution in [1.82, 2.24) is 19.6 Å². The Kier molecular flexibility index (Phi) is 11.4. The van der Waals surface area contributed by atoms with E-state index >= 15 is 0 Å². The van der Waals surface area contributed by atoms with Crippen molar-refractivity contribution in [2.24, 2.45) is 34.5 Å². The van der Waals surface area contributed by atoms with E-state index in [0.29, 0.717) is 51.9 Å². The maximum Gasteiger partial charge on any atom is 0.293 e. The van der Waals surface area contributed by atoms with Gasteiger partial charge in [-0.1, -0.05) is 25.0 Å². The lowest BCUT2D eigenvalue weighted by molar-refractivity contribution is -0.384. The van der Waals surface area contributed by atoms with Crippen LogP contribution in [0.15, 0.2) is 77.0 Å². The Morgan fingerprint density at radius 3 is 2.56 bits per heavy atom. The second kappa shape index (κ2) is 16.9. The number of sulfonamides is 1. The number of ether oxygens (including phenoxy) is 2. The zero-order valence-corrected chi connectivity index (χ0v) is 38.2. The number of benzene rings is 2. The molecule has 0 bridgehead atoms. The molecular formula is C48H58ClN7O7S. The third-order valence-corrected chi connectivity index (χ3v) is 17.1. The van der Waals surface area contributed by atoms with Crippen LogP contribution in [0, 0.1) is 44.6 Å². The third-order valence-electron chi connectivity index (χ3n) is 15.3. The minimum Gasteiger partial charge on any atom is -0.455 e. The van der Waals surface area contributed by atoms with Crippen LogP contribution >= 0.6 is 11.6 Å². The molecule has 340 valence electrons. The summed E-state index contributed by atoms with van der Waals surface area (Å²) in [4.78, 5) is 37.5. The van der Waals surface area contributed by atoms with Crippen LogP contribution < -0.4 is 19.7 Å². The van der Waals surface area contributed by atoms with Crippen LogP contribution in [0.25, 0.3) is 11.0 Å². The number of hydrogen-bond donors (Lipinski definition) is 3. The van der Waals surface area contributed by atoms with Gasteiger partial charge in [0.25, 0.3) is 21.6 Å². The second-order valence-corrected chi connectivity index (χ2v) is 22.4. The molecule has 16 heteroatoms. The van der Waals surface area contributed by atoms with Crippen molar-refractivity contribution in [1.29, 1.82) is 0 Å². The normalized spacial score (nSPS) is 25.5. The highest BCUT2D eigenvalue weighted by molar-refractivity contribution is 7.90. The number of rotatable bonds is 13. The standard InChI is InChI=1S/C48H58ClN7O7S/c1-47(2)9-7-32(40(26-47)38-23-41(49)39-22-37(38)39)29-54-13-15-55(16-14-54)33-3-5-36(44(20-33)63-34-19-31-8-12-50-45(31)52-28-34)46(57)53-64(60,61)35-4-6-42(43(21-35)56(58)59)51-27-30-24-48(25-30)10-17-62-18-11-48/h3-6,8,12,19-21,28,30,37-39,41,51H,7,9-11,13-18,22-27,29H2,1-2H3,(H,50,52)(H,53,57)/t37?,38-,39?,41?/m0/s1. The Bertz CT molecular complexity index is 2590. The number of carbonyl (C=O) groups is 1. The van der Waals surface area contributed by atoms with Crippen molar-refractivity contribution < 1.29 is 27.6 Å². The highest BCUT2D eigenvalue weighted by Gasteiger charge is 2.55. The molecule has 6 aliphatic rings. The maximum atomic E-state index is 14.0. The van der Waals surface area contributed by atoms with E-state index in [9.17, 15) is 23.3 Å². The van der Waals surface area contributed by atoms with Gasteiger partial charge in [-0.3, -0.25) is 19.8 Å². The van der Waals surface area contributed by atoms with Crippen LogP contribution in [-0.4, -0.2) is 92.0 Å². The van der Waals surface area contributed by atoms with Gasteiger partial charge in [0.15, 0.2) is 0 Å². The number of pyridine rings is 1. The van der Waals surface area contributed by atoms with E-state index in [4.69, 9.17) is 21.1 Å². The van der Waals surface area contributed by atoms with Crippen molar-refractivity contribution >= 4 is 55.6 Å². The summed E-state index contributed by atoms with van der Waals surface area (Å²) in [7, 11) is -4.55. The van der Waals surface area contributed by atoms with E-state index in [1.165, 1.54) is 25.0 Å². The van der Waals surface area contributed by atoms with E-state index in [2.05, 4.69) is 43.7 Å². The van der Waals surface area contributed by atoms with Crippen LogP contribution in [0.3, 0.4) is 0 Å². The molecule has 1 spiro atoms. The van der Waals surface area contributed by atoms with Gasteiger partial charge in [-0.15, -0.1) is 11.6 Å². The van der Waals surface area contributed by atoms with Crippen LogP contribution in [0.2, 0.25) is 0 Å². The molecule has 3 N–H and O–H groups in total. The fourth-order valence-corrected chi connectivity index (χ4v) is 13.0. The van der Waals surface area contributed by atoms with Gasteiger partial charge in [0, 0.05) is 87.3 Å². The molecule has 4 aliphatic carbocycles. The molecule has 3 saturated carbocycles. The summed E-state index contributed by atoms with van der Waals surface area (Å²) in [6, 6.07) is 12.5. The van der Waals surface area contributed by atoms with Gasteiger partial charge in [-0.25, -0.2) is 18.1 Å². The number of nitrogens with zero attached hydrogens (tertiary/aromatic N) is 4. The summed E-state index contributed by atoms with van der Waals surface area (Å²) in [6.45, 7) is 11.2. The Labute approximate surface area is 379 Å². The number of anilines is 2. The zero-order valence-electron chi connectivity index (χ0n) is 36.6. The topological polar surface area (TPSA) is 172 Å². The number of amides is 1. The summed E-state index contributed by atoms with van der Waals surface area (Å²) in [5.41, 5.74) is 5.28. The van der Waals surface area contributed by atoms with E-state index in [-0.39, 0.29) is 22.7 Å². The highest BCUT2D eigenvalue weighted by Crippen LogP contribution is 2.62. The lowest BCUT2D eigenvalue weighted by Gasteiger charge is -2.50. The first-order valence-electron chi connectivity index (χ1n) is 23.0. The molecule has 2 aromatic heterocycles. The molecule has 1 amide bonds. The number of halogens is 1. The van der Waals surface area contributed by atoms with Crippen LogP contribution in [0.1, 0.15) is 82.0 Å². The molecule has 3 unspecified atom stereocenters. The van der Waals surface area contributed by atoms with E-state index in [1.54, 1.807) is 41.7 Å². The molecule has 14 nitrogen and oxygen atoms in total. The predicted molar refractivity (Wildman–Crippen MR) is 247 cm³/mol. The lowest BCUT2D eigenvalue weighted by Crippen LogP contribution is -2.47. The van der Waals surface area contributed by atoms with Crippen LogP contribution in [0.5, 0.6) is 11.5 Å². The lowest BCUT2D eigenvalue weighted by atomic mass is 9.58. The fraction of sp³-hybridized carbons (Fsp3) is 0.542. The van der Waals surface area contributed by atoms with Gasteiger partial charge in [0.05, 0.1) is 21.6 Å². The molecule has 64 heavy (non-hydrogen) atoms. The van der Waals surface area contributed by atoms with Crippen molar-refractivity contribution in [2.75, 3.05) is 62.7 Å². The summed E-state index contributed by atoms with van der Waals surface area (Å²) in [6.07, 6.45) is 13.4. The number of alkyl halides is 1. The van der Waals surface area contributed by atoms with Gasteiger partial charge >= 0.3 is 0 Å². The fourth-order valence-electron chi connectivity index (χ4n) is 11.6. The molecule has 4 heterocycles. The van der Waals surface area contributed by atoms with Crippen molar-refractivity contribution in [3.8, 4) is 11.5 Å². The quantitative estimate of drug-likeness (QED) is 0.0506. The number of aromatic amines is 1. The largest absolute Gasteiger partial charge is 0.455 e. The van der Waals surface area contributed by atoms with Gasteiger partial charge in [0.1, 0.15) is 22.8 Å². The van der Waals surface area contributed by atoms with Gasteiger partial charge in [-0.2, -0.15) is 0 Å². The van der Waals surface area contributed by atoms with Crippen LogP contribution in [0.4, 0.5) is 17.1 Å². The van der Waals surface area contributed by atoms with E-state index in [1.807, 2.05) is 12.1 Å². The average Bonchev–Trinajstić information content (AvgIpc) is 3.81. The molecule has 2 aromatic carbocycles.